The van der Waals surface area contributed by atoms with Crippen molar-refractivity contribution in [1.82, 2.24) is 0 Å². The Hall–Kier alpha value is -11.2. The van der Waals surface area contributed by atoms with Crippen molar-refractivity contribution in [2.24, 2.45) is 0 Å². The summed E-state index contributed by atoms with van der Waals surface area (Å²) in [4.78, 5) is 9.80. The van der Waals surface area contributed by atoms with Crippen molar-refractivity contribution in [3.63, 3.8) is 0 Å². The predicted molar refractivity (Wildman–Crippen MR) is 358 cm³/mol. The molecule has 13 aromatic rings. The van der Waals surface area contributed by atoms with E-state index in [0.717, 1.165) is 135 Å². The first-order chi connectivity index (χ1) is 42.7. The van der Waals surface area contributed by atoms with Gasteiger partial charge in [0.05, 0.1) is 17.1 Å². The van der Waals surface area contributed by atoms with Crippen LogP contribution in [-0.4, -0.2) is 13.4 Å². The fraction of sp³-hybridized carbons (Fsp3) is 0. The van der Waals surface area contributed by atoms with Crippen LogP contribution in [0.25, 0.3) is 22.3 Å². The monoisotopic (exact) mass is 1100 g/mol. The molecule has 13 aromatic carbocycles. The minimum atomic E-state index is -0.227. The largest absolute Gasteiger partial charge is 0.458 e. The summed E-state index contributed by atoms with van der Waals surface area (Å²) >= 11 is 0. The molecule has 8 heteroatoms. The molecule has 0 saturated heterocycles. The van der Waals surface area contributed by atoms with Crippen LogP contribution in [0.2, 0.25) is 0 Å². The lowest BCUT2D eigenvalue weighted by molar-refractivity contribution is 0.487. The number of benzene rings is 13. The highest BCUT2D eigenvalue weighted by Gasteiger charge is 2.48. The number of fused-ring (bicyclic) bond motifs is 8. The lowest BCUT2D eigenvalue weighted by Gasteiger charge is -2.45. The van der Waals surface area contributed by atoms with Crippen LogP contribution in [0, 0.1) is 0 Å². The van der Waals surface area contributed by atoms with E-state index in [1.165, 1.54) is 10.9 Å². The van der Waals surface area contributed by atoms with Gasteiger partial charge in [0.1, 0.15) is 23.0 Å². The van der Waals surface area contributed by atoms with Crippen LogP contribution in [0.15, 0.2) is 315 Å². The van der Waals surface area contributed by atoms with Crippen LogP contribution in [0.1, 0.15) is 0 Å². The molecule has 0 atom stereocenters. The Labute approximate surface area is 501 Å². The third-order valence-corrected chi connectivity index (χ3v) is 17.5. The molecule has 402 valence electrons. The molecule has 0 bridgehead atoms. The van der Waals surface area contributed by atoms with E-state index in [-0.39, 0.29) is 13.4 Å². The second-order valence-electron chi connectivity index (χ2n) is 22.3. The SMILES string of the molecule is c1ccc(-c2cccc(-c3ccccc3)c2N2c3cc4c(cc3B3c5ccccc5Oc5cc(N(c6ccccc6)c6ccccc6)cc2c53)B2c3ccccc3Oc3cc(N(c5ccccc5)c5ccccc5)cc(c32)N4c2ccccc2)cc1. The van der Waals surface area contributed by atoms with Crippen LogP contribution in [-0.2, 0) is 0 Å². The zero-order valence-corrected chi connectivity index (χ0v) is 46.8. The van der Waals surface area contributed by atoms with Gasteiger partial charge in [-0.2, -0.15) is 0 Å². The van der Waals surface area contributed by atoms with E-state index in [4.69, 9.17) is 9.47 Å². The highest BCUT2D eigenvalue weighted by molar-refractivity contribution is 7.02. The maximum atomic E-state index is 7.38. The van der Waals surface area contributed by atoms with Crippen molar-refractivity contribution in [1.29, 1.82) is 0 Å². The maximum absolute atomic E-state index is 7.38. The van der Waals surface area contributed by atoms with Gasteiger partial charge in [0, 0.05) is 74.4 Å². The summed E-state index contributed by atoms with van der Waals surface area (Å²) in [7, 11) is 0. The van der Waals surface area contributed by atoms with Crippen molar-refractivity contribution < 1.29 is 9.47 Å². The van der Waals surface area contributed by atoms with Gasteiger partial charge in [0.2, 0.25) is 0 Å². The first-order valence-corrected chi connectivity index (χ1v) is 29.5. The topological polar surface area (TPSA) is 31.4 Å². The lowest BCUT2D eigenvalue weighted by atomic mass is 9.31. The van der Waals surface area contributed by atoms with Gasteiger partial charge in [-0.05, 0) is 135 Å². The van der Waals surface area contributed by atoms with Gasteiger partial charge >= 0.3 is 0 Å². The number of rotatable bonds is 10. The van der Waals surface area contributed by atoms with Gasteiger partial charge in [0.15, 0.2) is 0 Å². The Morgan fingerprint density at radius 1 is 0.256 bits per heavy atom. The van der Waals surface area contributed by atoms with Gasteiger partial charge < -0.3 is 29.1 Å². The summed E-state index contributed by atoms with van der Waals surface area (Å²) in [6.07, 6.45) is 0. The molecular weight excluding hydrogens is 1050 g/mol. The zero-order chi connectivity index (χ0) is 56.7. The summed E-state index contributed by atoms with van der Waals surface area (Å²) < 4.78 is 14.6. The molecule has 4 heterocycles. The summed E-state index contributed by atoms with van der Waals surface area (Å²) in [6.45, 7) is -0.426. The van der Waals surface area contributed by atoms with Gasteiger partial charge in [-0.1, -0.05) is 212 Å². The third kappa shape index (κ3) is 7.98. The molecule has 17 rings (SSSR count). The fourth-order valence-electron chi connectivity index (χ4n) is 13.9. The van der Waals surface area contributed by atoms with Crippen LogP contribution in [0.5, 0.6) is 23.0 Å². The smallest absolute Gasteiger partial charge is 0.256 e. The Morgan fingerprint density at radius 3 is 1.05 bits per heavy atom. The minimum absolute atomic E-state index is 0.199. The number of hydrogen-bond donors (Lipinski definition) is 0. The first kappa shape index (κ1) is 49.4. The lowest BCUT2D eigenvalue weighted by Crippen LogP contribution is -2.63. The number of ether oxygens (including phenoxy) is 2. The van der Waals surface area contributed by atoms with Crippen LogP contribution in [0.3, 0.4) is 0 Å². The zero-order valence-electron chi connectivity index (χ0n) is 46.8. The Morgan fingerprint density at radius 2 is 0.616 bits per heavy atom. The molecule has 6 nitrogen and oxygen atoms in total. The number of hydrogen-bond acceptors (Lipinski definition) is 6. The minimum Gasteiger partial charge on any atom is -0.458 e. The predicted octanol–water partition coefficient (Wildman–Crippen LogP) is 16.8. The van der Waals surface area contributed by atoms with E-state index >= 15 is 0 Å². The molecule has 0 aliphatic carbocycles. The molecule has 0 fully saturated rings. The Kier molecular flexibility index (Phi) is 11.7. The summed E-state index contributed by atoms with van der Waals surface area (Å²) in [5, 5.41) is 0. The van der Waals surface area contributed by atoms with Crippen molar-refractivity contribution in [2.45, 2.75) is 0 Å². The molecule has 0 N–H and O–H groups in total. The molecule has 86 heavy (non-hydrogen) atoms. The molecule has 0 aromatic heterocycles. The quantitative estimate of drug-likeness (QED) is 0.127. The van der Waals surface area contributed by atoms with Gasteiger partial charge in [0.25, 0.3) is 13.4 Å². The molecule has 0 radical (unpaired) electrons. The number of anilines is 12. The first-order valence-electron chi connectivity index (χ1n) is 29.5. The molecule has 0 amide bonds. The highest BCUT2D eigenvalue weighted by atomic mass is 16.5. The van der Waals surface area contributed by atoms with Crippen molar-refractivity contribution in [2.75, 3.05) is 19.6 Å². The molecule has 0 saturated carbocycles. The van der Waals surface area contributed by atoms with Gasteiger partial charge in [-0.15, -0.1) is 0 Å². The normalized spacial score (nSPS) is 12.7. The van der Waals surface area contributed by atoms with Crippen molar-refractivity contribution in [3.8, 4) is 45.3 Å². The van der Waals surface area contributed by atoms with E-state index in [1.54, 1.807) is 0 Å². The van der Waals surface area contributed by atoms with E-state index < -0.39 is 0 Å². The molecular formula is C78H52B2N4O2. The molecule has 0 spiro atoms. The van der Waals surface area contributed by atoms with Crippen LogP contribution < -0.4 is 61.9 Å². The summed E-state index contributed by atoms with van der Waals surface area (Å²) in [5.74, 6) is 3.33. The van der Waals surface area contributed by atoms with E-state index in [9.17, 15) is 0 Å². The Balaban J connectivity index is 1.01. The maximum Gasteiger partial charge on any atom is 0.256 e. The summed E-state index contributed by atoms with van der Waals surface area (Å²) in [5.41, 5.74) is 23.8. The van der Waals surface area contributed by atoms with Crippen molar-refractivity contribution in [3.05, 3.63) is 315 Å². The fourth-order valence-corrected chi connectivity index (χ4v) is 13.9. The van der Waals surface area contributed by atoms with E-state index in [2.05, 4.69) is 335 Å². The van der Waals surface area contributed by atoms with Crippen LogP contribution in [0.4, 0.5) is 68.2 Å². The Bertz CT molecular complexity index is 4590. The molecule has 4 aliphatic rings. The van der Waals surface area contributed by atoms with Gasteiger partial charge in [-0.25, -0.2) is 0 Å². The summed E-state index contributed by atoms with van der Waals surface area (Å²) in [6, 6.07) is 114. The molecule has 4 aliphatic heterocycles. The van der Waals surface area contributed by atoms with E-state index in [1.807, 2.05) is 0 Å². The average Bonchev–Trinajstić information content (AvgIpc) is 0.780. The number of nitrogens with zero attached hydrogens (tertiary/aromatic N) is 4. The standard InChI is InChI=1S/C78H52B2N4O2/c1-8-27-53(28-9-1)62-41-26-42-63(54-29-10-2-11-30-54)78(62)84-69-52-68-66(51-67(69)80-65-44-23-25-46-73(65)86-75-50-61(48-71(84)77(75)80)82(57-35-16-5-17-36-57)58-37-18-6-19-38-58)79-64-43-22-24-45-72(64)85-74-49-60(47-70(76(74)79)83(68)59-39-20-7-21-40-59)81(55-31-12-3-13-32-55)56-33-14-4-15-34-56/h1-52H. The molecule has 0 unspecified atom stereocenters. The second-order valence-corrected chi connectivity index (χ2v) is 22.3. The number of para-hydroxylation sites is 8. The highest BCUT2D eigenvalue weighted by Crippen LogP contribution is 2.53. The second kappa shape index (κ2) is 20.3. The van der Waals surface area contributed by atoms with Gasteiger partial charge in [-0.3, -0.25) is 0 Å². The van der Waals surface area contributed by atoms with Crippen molar-refractivity contribution >= 4 is 114 Å². The average molecular weight is 1100 g/mol. The van der Waals surface area contributed by atoms with E-state index in [0.29, 0.717) is 0 Å². The third-order valence-electron chi connectivity index (χ3n) is 17.5. The van der Waals surface area contributed by atoms with Crippen LogP contribution >= 0.6 is 0 Å².